The molecule has 0 unspecified atom stereocenters. The molecule has 0 aromatic heterocycles. The van der Waals surface area contributed by atoms with Crippen molar-refractivity contribution in [2.45, 2.75) is 19.8 Å². The Hall–Kier alpha value is -3.15. The topological polar surface area (TPSA) is 74.0 Å². The highest BCUT2D eigenvalue weighted by atomic mass is 16.5. The molecule has 0 radical (unpaired) electrons. The maximum atomic E-state index is 13.2. The van der Waals surface area contributed by atoms with Crippen LogP contribution < -0.4 is 24.8 Å². The number of nitrogen functional groups attached to an aromatic ring is 1. The number of methoxy groups -OCH3 is 3. The highest BCUT2D eigenvalue weighted by Gasteiger charge is 2.17. The third-order valence-corrected chi connectivity index (χ3v) is 4.63. The number of allylic oxidation sites excluding steroid dienone is 1. The Kier molecular flexibility index (Phi) is 7.53. The number of Topliss-reactive ketones (excluding diaryl/α,β-unsaturated/α-hetero) is 1. The van der Waals surface area contributed by atoms with Crippen molar-refractivity contribution in [1.82, 2.24) is 0 Å². The van der Waals surface area contributed by atoms with Gasteiger partial charge in [-0.05, 0) is 36.8 Å². The van der Waals surface area contributed by atoms with Gasteiger partial charge in [-0.1, -0.05) is 13.3 Å². The van der Waals surface area contributed by atoms with Crippen LogP contribution in [0.5, 0.6) is 17.2 Å². The van der Waals surface area contributed by atoms with E-state index in [1.54, 1.807) is 39.5 Å². The first-order chi connectivity index (χ1) is 13.9. The smallest absolute Gasteiger partial charge is 0.189 e. The molecule has 0 heterocycles. The highest BCUT2D eigenvalue weighted by molar-refractivity contribution is 6.12. The Morgan fingerprint density at radius 2 is 1.79 bits per heavy atom. The number of benzene rings is 2. The second-order valence-corrected chi connectivity index (χ2v) is 6.87. The zero-order chi connectivity index (χ0) is 21.6. The van der Waals surface area contributed by atoms with Crippen molar-refractivity contribution in [3.63, 3.8) is 0 Å². The lowest BCUT2D eigenvalue weighted by molar-refractivity contribution is 0.103. The van der Waals surface area contributed by atoms with E-state index in [0.29, 0.717) is 40.5 Å². The highest BCUT2D eigenvalue weighted by Crippen LogP contribution is 2.37. The molecule has 0 fully saturated rings. The van der Waals surface area contributed by atoms with Gasteiger partial charge in [-0.15, -0.1) is 0 Å². The van der Waals surface area contributed by atoms with Gasteiger partial charge in [0.2, 0.25) is 0 Å². The third kappa shape index (κ3) is 5.02. The van der Waals surface area contributed by atoms with Crippen molar-refractivity contribution >= 4 is 23.2 Å². The molecule has 0 aliphatic carbocycles. The van der Waals surface area contributed by atoms with Crippen LogP contribution in [0, 0.1) is 0 Å². The number of nitrogens with zero attached hydrogens (tertiary/aromatic N) is 1. The zero-order valence-corrected chi connectivity index (χ0v) is 18.0. The number of hydrogen-bond donors (Lipinski definition) is 1. The SMILES string of the molecule is CCC/C(=C\c1cc(OC)cc(OC)c1OC)C(=O)c1ccc(N(C)C)c(N)c1. The largest absolute Gasteiger partial charge is 0.497 e. The van der Waals surface area contributed by atoms with Gasteiger partial charge >= 0.3 is 0 Å². The van der Waals surface area contributed by atoms with Crippen LogP contribution in [0.4, 0.5) is 11.4 Å². The summed E-state index contributed by atoms with van der Waals surface area (Å²) in [4.78, 5) is 15.2. The van der Waals surface area contributed by atoms with Gasteiger partial charge in [0.05, 0.1) is 32.7 Å². The molecule has 6 heteroatoms. The summed E-state index contributed by atoms with van der Waals surface area (Å²) in [5, 5.41) is 0. The Labute approximate surface area is 172 Å². The molecule has 2 rings (SSSR count). The molecule has 0 spiro atoms. The van der Waals surface area contributed by atoms with Gasteiger partial charge in [-0.25, -0.2) is 0 Å². The van der Waals surface area contributed by atoms with E-state index in [2.05, 4.69) is 0 Å². The van der Waals surface area contributed by atoms with Gasteiger partial charge < -0.3 is 24.8 Å². The average molecular weight is 399 g/mol. The van der Waals surface area contributed by atoms with E-state index in [9.17, 15) is 4.79 Å². The second kappa shape index (κ2) is 9.87. The Morgan fingerprint density at radius 1 is 1.07 bits per heavy atom. The molecule has 29 heavy (non-hydrogen) atoms. The van der Waals surface area contributed by atoms with Crippen LogP contribution in [0.2, 0.25) is 0 Å². The van der Waals surface area contributed by atoms with E-state index in [0.717, 1.165) is 17.7 Å². The number of hydrogen-bond acceptors (Lipinski definition) is 6. The van der Waals surface area contributed by atoms with Gasteiger partial charge in [0.1, 0.15) is 5.75 Å². The summed E-state index contributed by atoms with van der Waals surface area (Å²) in [6.45, 7) is 2.04. The molecule has 0 amide bonds. The predicted molar refractivity (Wildman–Crippen MR) is 118 cm³/mol. The van der Waals surface area contributed by atoms with E-state index in [-0.39, 0.29) is 5.78 Å². The summed E-state index contributed by atoms with van der Waals surface area (Å²) >= 11 is 0. The first kappa shape index (κ1) is 22.1. The van der Waals surface area contributed by atoms with Gasteiger partial charge in [0, 0.05) is 36.9 Å². The molecule has 0 aliphatic heterocycles. The quantitative estimate of drug-likeness (QED) is 0.383. The van der Waals surface area contributed by atoms with Crippen LogP contribution in [0.3, 0.4) is 0 Å². The molecule has 2 aromatic rings. The fourth-order valence-corrected chi connectivity index (χ4v) is 3.19. The predicted octanol–water partition coefficient (Wildman–Crippen LogP) is 4.43. The molecule has 0 aliphatic rings. The standard InChI is InChI=1S/C23H30N2O4/c1-7-8-15(22(26)16-9-10-20(25(2)3)19(24)13-16)11-17-12-18(27-4)14-21(28-5)23(17)29-6/h9-14H,7-8,24H2,1-6H3/b15-11+. The summed E-state index contributed by atoms with van der Waals surface area (Å²) in [5.41, 5.74) is 9.53. The number of carbonyl (C=O) groups is 1. The van der Waals surface area contributed by atoms with Crippen molar-refractivity contribution in [2.75, 3.05) is 46.1 Å². The van der Waals surface area contributed by atoms with Crippen LogP contribution in [-0.2, 0) is 0 Å². The molecule has 0 saturated heterocycles. The monoisotopic (exact) mass is 398 g/mol. The van der Waals surface area contributed by atoms with E-state index in [4.69, 9.17) is 19.9 Å². The van der Waals surface area contributed by atoms with Crippen molar-refractivity contribution in [2.24, 2.45) is 0 Å². The minimum atomic E-state index is -0.0623. The lowest BCUT2D eigenvalue weighted by Gasteiger charge is -2.16. The number of ketones is 1. The maximum Gasteiger partial charge on any atom is 0.189 e. The number of rotatable bonds is 9. The lowest BCUT2D eigenvalue weighted by Crippen LogP contribution is -2.12. The minimum Gasteiger partial charge on any atom is -0.497 e. The molecule has 2 aromatic carbocycles. The summed E-state index contributed by atoms with van der Waals surface area (Å²) in [5.74, 6) is 1.66. The molecule has 156 valence electrons. The fraction of sp³-hybridized carbons (Fsp3) is 0.348. The third-order valence-electron chi connectivity index (χ3n) is 4.63. The fourth-order valence-electron chi connectivity index (χ4n) is 3.19. The molecule has 2 N–H and O–H groups in total. The first-order valence-corrected chi connectivity index (χ1v) is 9.48. The number of anilines is 2. The molecular weight excluding hydrogens is 368 g/mol. The van der Waals surface area contributed by atoms with Crippen LogP contribution in [0.15, 0.2) is 35.9 Å². The number of nitrogens with two attached hydrogens (primary N) is 1. The van der Waals surface area contributed by atoms with Crippen LogP contribution in [-0.4, -0.2) is 41.2 Å². The van der Waals surface area contributed by atoms with E-state index >= 15 is 0 Å². The maximum absolute atomic E-state index is 13.2. The lowest BCUT2D eigenvalue weighted by atomic mass is 9.96. The molecule has 0 saturated carbocycles. The normalized spacial score (nSPS) is 11.2. The van der Waals surface area contributed by atoms with E-state index < -0.39 is 0 Å². The van der Waals surface area contributed by atoms with Crippen molar-refractivity contribution in [3.8, 4) is 17.2 Å². The van der Waals surface area contributed by atoms with E-state index in [1.165, 1.54) is 0 Å². The summed E-state index contributed by atoms with van der Waals surface area (Å²) in [6, 6.07) is 8.97. The molecule has 0 bridgehead atoms. The van der Waals surface area contributed by atoms with Crippen LogP contribution >= 0.6 is 0 Å². The van der Waals surface area contributed by atoms with Gasteiger partial charge in [-0.3, -0.25) is 4.79 Å². The van der Waals surface area contributed by atoms with Crippen molar-refractivity contribution in [3.05, 3.63) is 47.0 Å². The second-order valence-electron chi connectivity index (χ2n) is 6.87. The van der Waals surface area contributed by atoms with Gasteiger partial charge in [0.25, 0.3) is 0 Å². The average Bonchev–Trinajstić information content (AvgIpc) is 2.71. The summed E-state index contributed by atoms with van der Waals surface area (Å²) in [6.07, 6.45) is 3.29. The molecular formula is C23H30N2O4. The molecule has 0 atom stereocenters. The summed E-state index contributed by atoms with van der Waals surface area (Å²) in [7, 11) is 8.56. The van der Waals surface area contributed by atoms with Crippen molar-refractivity contribution in [1.29, 1.82) is 0 Å². The minimum absolute atomic E-state index is 0.0623. The van der Waals surface area contributed by atoms with Crippen molar-refractivity contribution < 1.29 is 19.0 Å². The van der Waals surface area contributed by atoms with Crippen LogP contribution in [0.25, 0.3) is 6.08 Å². The Balaban J connectivity index is 2.55. The number of ether oxygens (including phenoxy) is 3. The van der Waals surface area contributed by atoms with E-state index in [1.807, 2.05) is 44.1 Å². The summed E-state index contributed by atoms with van der Waals surface area (Å²) < 4.78 is 16.3. The Morgan fingerprint density at radius 3 is 2.31 bits per heavy atom. The first-order valence-electron chi connectivity index (χ1n) is 9.48. The number of carbonyl (C=O) groups excluding carboxylic acids is 1. The van der Waals surface area contributed by atoms with Crippen LogP contribution in [0.1, 0.15) is 35.7 Å². The molecule has 6 nitrogen and oxygen atoms in total. The Bertz CT molecular complexity index is 904. The van der Waals surface area contributed by atoms with Gasteiger partial charge in [0.15, 0.2) is 17.3 Å². The van der Waals surface area contributed by atoms with Gasteiger partial charge in [-0.2, -0.15) is 0 Å². The zero-order valence-electron chi connectivity index (χ0n) is 18.0.